The average molecular weight is 222 g/mol. The highest BCUT2D eigenvalue weighted by Gasteiger charge is 2.33. The highest BCUT2D eigenvalue weighted by Crippen LogP contribution is 2.33. The Morgan fingerprint density at radius 1 is 1.50 bits per heavy atom. The van der Waals surface area contributed by atoms with Crippen LogP contribution in [0.15, 0.2) is 24.3 Å². The van der Waals surface area contributed by atoms with Crippen LogP contribution in [0.2, 0.25) is 0 Å². The first-order chi connectivity index (χ1) is 7.48. The summed E-state index contributed by atoms with van der Waals surface area (Å²) in [5.74, 6) is -0.209. The molecule has 0 saturated carbocycles. The van der Waals surface area contributed by atoms with Crippen LogP contribution in [0.1, 0.15) is 26.2 Å². The van der Waals surface area contributed by atoms with E-state index in [2.05, 4.69) is 25.9 Å². The number of nitrogens with zero attached hydrogens (tertiary/aromatic N) is 1. The molecule has 3 nitrogen and oxygen atoms in total. The summed E-state index contributed by atoms with van der Waals surface area (Å²) in [5.41, 5.74) is 5.07. The number of carbonyl (C=O) groups is 1. The van der Waals surface area contributed by atoms with Gasteiger partial charge >= 0.3 is 0 Å². The van der Waals surface area contributed by atoms with E-state index in [4.69, 9.17) is 5.73 Å². The van der Waals surface area contributed by atoms with Crippen molar-refractivity contribution in [2.75, 3.05) is 14.1 Å². The van der Waals surface area contributed by atoms with Gasteiger partial charge in [-0.15, -0.1) is 0 Å². The van der Waals surface area contributed by atoms with E-state index in [0.29, 0.717) is 6.04 Å². The van der Waals surface area contributed by atoms with Crippen LogP contribution >= 0.6 is 0 Å². The molecular weight excluding hydrogens is 200 g/mol. The Morgan fingerprint density at radius 3 is 2.62 bits per heavy atom. The van der Waals surface area contributed by atoms with Crippen molar-refractivity contribution in [1.29, 1.82) is 0 Å². The first-order valence-corrected chi connectivity index (χ1v) is 5.79. The summed E-state index contributed by atoms with van der Waals surface area (Å²) in [4.78, 5) is 13.7. The fraction of sp³-hybridized carbons (Fsp3) is 0.615. The molecule has 0 radical (unpaired) electrons. The lowest BCUT2D eigenvalue weighted by Crippen LogP contribution is -2.37. The minimum atomic E-state index is -0.459. The molecule has 16 heavy (non-hydrogen) atoms. The Labute approximate surface area is 98.0 Å². The molecule has 0 aromatic carbocycles. The van der Waals surface area contributed by atoms with Crippen LogP contribution in [0.3, 0.4) is 0 Å². The summed E-state index contributed by atoms with van der Waals surface area (Å²) in [5, 5.41) is 0. The molecule has 0 bridgehead atoms. The molecule has 1 aliphatic rings. The molecule has 2 unspecified atom stereocenters. The molecular formula is C13H22N2O. The van der Waals surface area contributed by atoms with Crippen molar-refractivity contribution in [2.24, 2.45) is 11.1 Å². The first kappa shape index (κ1) is 13.0. The van der Waals surface area contributed by atoms with Crippen molar-refractivity contribution in [3.05, 3.63) is 24.3 Å². The maximum atomic E-state index is 11.6. The number of amides is 1. The van der Waals surface area contributed by atoms with Crippen molar-refractivity contribution in [3.8, 4) is 0 Å². The third-order valence-electron chi connectivity index (χ3n) is 3.53. The molecule has 1 amide bonds. The van der Waals surface area contributed by atoms with Gasteiger partial charge < -0.3 is 10.6 Å². The van der Waals surface area contributed by atoms with Crippen molar-refractivity contribution >= 4 is 5.91 Å². The third-order valence-corrected chi connectivity index (χ3v) is 3.53. The Hall–Kier alpha value is -1.09. The molecule has 1 rings (SSSR count). The van der Waals surface area contributed by atoms with Crippen molar-refractivity contribution < 1.29 is 4.79 Å². The maximum Gasteiger partial charge on any atom is 0.227 e. The zero-order chi connectivity index (χ0) is 12.2. The van der Waals surface area contributed by atoms with Crippen LogP contribution in [0.4, 0.5) is 0 Å². The molecule has 0 aliphatic heterocycles. The van der Waals surface area contributed by atoms with Gasteiger partial charge in [-0.05, 0) is 40.3 Å². The van der Waals surface area contributed by atoms with E-state index in [9.17, 15) is 4.79 Å². The summed E-state index contributed by atoms with van der Waals surface area (Å²) in [6.07, 6.45) is 10.4. The van der Waals surface area contributed by atoms with E-state index >= 15 is 0 Å². The van der Waals surface area contributed by atoms with Gasteiger partial charge in [0.05, 0.1) is 5.41 Å². The minimum Gasteiger partial charge on any atom is -0.369 e. The third kappa shape index (κ3) is 2.95. The number of allylic oxidation sites excluding steroid dienone is 3. The Morgan fingerprint density at radius 2 is 2.19 bits per heavy atom. The zero-order valence-corrected chi connectivity index (χ0v) is 10.4. The van der Waals surface area contributed by atoms with E-state index in [1.54, 1.807) is 0 Å². The van der Waals surface area contributed by atoms with Crippen LogP contribution in [0.25, 0.3) is 0 Å². The highest BCUT2D eigenvalue weighted by atomic mass is 16.1. The molecule has 0 spiro atoms. The van der Waals surface area contributed by atoms with Crippen molar-refractivity contribution in [2.45, 2.75) is 32.2 Å². The number of primary amides is 1. The van der Waals surface area contributed by atoms with Gasteiger partial charge in [0, 0.05) is 6.04 Å². The smallest absolute Gasteiger partial charge is 0.227 e. The van der Waals surface area contributed by atoms with Crippen LogP contribution in [-0.2, 0) is 4.79 Å². The monoisotopic (exact) mass is 222 g/mol. The molecule has 0 aromatic heterocycles. The fourth-order valence-electron chi connectivity index (χ4n) is 1.88. The molecule has 0 saturated heterocycles. The van der Waals surface area contributed by atoms with Gasteiger partial charge in [-0.3, -0.25) is 4.79 Å². The Kier molecular flexibility index (Phi) is 4.30. The summed E-state index contributed by atoms with van der Waals surface area (Å²) >= 11 is 0. The molecule has 0 fully saturated rings. The normalized spacial score (nSPS) is 26.0. The maximum absolute atomic E-state index is 11.6. The molecule has 1 aliphatic carbocycles. The largest absolute Gasteiger partial charge is 0.369 e. The van der Waals surface area contributed by atoms with Gasteiger partial charge in [0.1, 0.15) is 0 Å². The second kappa shape index (κ2) is 5.30. The molecule has 2 N–H and O–H groups in total. The molecule has 0 heterocycles. The van der Waals surface area contributed by atoms with Gasteiger partial charge in [0.25, 0.3) is 0 Å². The zero-order valence-electron chi connectivity index (χ0n) is 10.4. The number of carbonyl (C=O) groups excluding carboxylic acids is 1. The second-order valence-corrected chi connectivity index (χ2v) is 4.86. The fourth-order valence-corrected chi connectivity index (χ4v) is 1.88. The Balaban J connectivity index is 2.63. The van der Waals surface area contributed by atoms with E-state index < -0.39 is 5.41 Å². The first-order valence-electron chi connectivity index (χ1n) is 5.79. The second-order valence-electron chi connectivity index (χ2n) is 4.86. The lowest BCUT2D eigenvalue weighted by atomic mass is 9.76. The molecule has 2 atom stereocenters. The molecule has 3 heteroatoms. The number of hydrogen-bond acceptors (Lipinski definition) is 2. The lowest BCUT2D eigenvalue weighted by molar-refractivity contribution is -0.125. The Bertz CT molecular complexity index is 307. The van der Waals surface area contributed by atoms with Crippen LogP contribution < -0.4 is 5.73 Å². The quantitative estimate of drug-likeness (QED) is 0.769. The highest BCUT2D eigenvalue weighted by molar-refractivity contribution is 5.83. The SMILES string of the molecule is CC(CCC1(C(N)=O)C=CC=CC1)N(C)C. The lowest BCUT2D eigenvalue weighted by Gasteiger charge is -2.30. The topological polar surface area (TPSA) is 46.3 Å². The predicted molar refractivity (Wildman–Crippen MR) is 66.9 cm³/mol. The van der Waals surface area contributed by atoms with E-state index in [1.807, 2.05) is 24.3 Å². The van der Waals surface area contributed by atoms with Crippen LogP contribution in [0.5, 0.6) is 0 Å². The van der Waals surface area contributed by atoms with Gasteiger partial charge in [-0.1, -0.05) is 24.3 Å². The summed E-state index contributed by atoms with van der Waals surface area (Å²) in [7, 11) is 4.11. The van der Waals surface area contributed by atoms with E-state index in [0.717, 1.165) is 19.3 Å². The number of hydrogen-bond donors (Lipinski definition) is 1. The van der Waals surface area contributed by atoms with E-state index in [-0.39, 0.29) is 5.91 Å². The molecule has 0 aromatic rings. The minimum absolute atomic E-state index is 0.209. The van der Waals surface area contributed by atoms with Crippen LogP contribution in [0, 0.1) is 5.41 Å². The number of rotatable bonds is 5. The van der Waals surface area contributed by atoms with E-state index in [1.165, 1.54) is 0 Å². The standard InChI is InChI=1S/C13H22N2O/c1-11(15(2)3)7-10-13(12(14)16)8-5-4-6-9-13/h4-6,8,11H,7,9-10H2,1-3H3,(H2,14,16). The van der Waals surface area contributed by atoms with Gasteiger partial charge in [0.2, 0.25) is 5.91 Å². The summed E-state index contributed by atoms with van der Waals surface area (Å²) in [6.45, 7) is 2.16. The van der Waals surface area contributed by atoms with Gasteiger partial charge in [0.15, 0.2) is 0 Å². The summed E-state index contributed by atoms with van der Waals surface area (Å²) < 4.78 is 0. The van der Waals surface area contributed by atoms with Crippen molar-refractivity contribution in [1.82, 2.24) is 4.90 Å². The summed E-state index contributed by atoms with van der Waals surface area (Å²) in [6, 6.07) is 0.468. The van der Waals surface area contributed by atoms with Gasteiger partial charge in [-0.2, -0.15) is 0 Å². The van der Waals surface area contributed by atoms with Crippen LogP contribution in [-0.4, -0.2) is 30.9 Å². The van der Waals surface area contributed by atoms with Crippen molar-refractivity contribution in [3.63, 3.8) is 0 Å². The number of nitrogens with two attached hydrogens (primary N) is 1. The molecule has 90 valence electrons. The average Bonchev–Trinajstić information content (AvgIpc) is 2.26. The van der Waals surface area contributed by atoms with Gasteiger partial charge in [-0.25, -0.2) is 0 Å². The predicted octanol–water partition coefficient (Wildman–Crippen LogP) is 1.70.